The number of aliphatic hydroxyl groups is 1. The van der Waals surface area contributed by atoms with E-state index in [1.54, 1.807) is 11.0 Å². The van der Waals surface area contributed by atoms with Crippen LogP contribution in [0.5, 0.6) is 0 Å². The van der Waals surface area contributed by atoms with Crippen LogP contribution in [0.4, 0.5) is 5.69 Å². The number of hydrogen-bond acceptors (Lipinski definition) is 4. The fraction of sp³-hybridized carbons (Fsp3) is 0.526. The highest BCUT2D eigenvalue weighted by atomic mass is 127. The molecule has 0 saturated carbocycles. The van der Waals surface area contributed by atoms with E-state index in [2.05, 4.69) is 29.2 Å². The van der Waals surface area contributed by atoms with E-state index < -0.39 is 13.9 Å². The standard InChI is InChI=1S/C19H26INO4Si/c1-5-9-21-15-7-6-13(20)11-14(15)19(18(21)23)12(2)17(26(3,4)24)16(25-19)8-10-22/h5-7,11-12,16-17,22,24H,1,8-10H2,2-4H3/t12-,16+,17-,19+/m1/s1. The molecule has 0 unspecified atom stereocenters. The number of rotatable bonds is 5. The van der Waals surface area contributed by atoms with E-state index in [9.17, 15) is 14.7 Å². The SMILES string of the molecule is C=CCN1C(=O)[C@@]2(O[C@@H](CCO)[C@H]([Si](C)(C)O)[C@H]2C)c2cc(I)ccc21. The summed E-state index contributed by atoms with van der Waals surface area (Å²) in [5.41, 5.74) is 0.486. The Morgan fingerprint density at radius 2 is 2.15 bits per heavy atom. The van der Waals surface area contributed by atoms with Crippen LogP contribution in [0.15, 0.2) is 30.9 Å². The average Bonchev–Trinajstić information content (AvgIpc) is 2.96. The van der Waals surface area contributed by atoms with Gasteiger partial charge in [-0.15, -0.1) is 6.58 Å². The lowest BCUT2D eigenvalue weighted by atomic mass is 9.82. The number of nitrogens with zero attached hydrogens (tertiary/aromatic N) is 1. The minimum Gasteiger partial charge on any atom is -0.432 e. The van der Waals surface area contributed by atoms with Crippen LogP contribution in [0.25, 0.3) is 0 Å². The summed E-state index contributed by atoms with van der Waals surface area (Å²) in [7, 11) is -2.61. The zero-order valence-electron chi connectivity index (χ0n) is 15.4. The van der Waals surface area contributed by atoms with E-state index in [4.69, 9.17) is 4.74 Å². The van der Waals surface area contributed by atoms with Gasteiger partial charge in [-0.2, -0.15) is 0 Å². The molecule has 1 fully saturated rings. The van der Waals surface area contributed by atoms with Crippen molar-refractivity contribution in [2.24, 2.45) is 5.92 Å². The molecule has 0 bridgehead atoms. The van der Waals surface area contributed by atoms with Crippen LogP contribution in [-0.4, -0.2) is 43.4 Å². The van der Waals surface area contributed by atoms with Gasteiger partial charge < -0.3 is 19.5 Å². The molecule has 1 saturated heterocycles. The number of fused-ring (bicyclic) bond motifs is 2. The van der Waals surface area contributed by atoms with Crippen molar-refractivity contribution < 1.29 is 19.4 Å². The van der Waals surface area contributed by atoms with Crippen LogP contribution in [0.1, 0.15) is 18.9 Å². The van der Waals surface area contributed by atoms with Crippen molar-refractivity contribution in [1.29, 1.82) is 0 Å². The third kappa shape index (κ3) is 2.88. The summed E-state index contributed by atoms with van der Waals surface area (Å²) in [5.74, 6) is -0.268. The lowest BCUT2D eigenvalue weighted by Gasteiger charge is -2.32. The van der Waals surface area contributed by atoms with Gasteiger partial charge in [0.25, 0.3) is 5.91 Å². The maximum Gasteiger partial charge on any atom is 0.264 e. The van der Waals surface area contributed by atoms with Crippen LogP contribution in [0.3, 0.4) is 0 Å². The van der Waals surface area contributed by atoms with Gasteiger partial charge in [-0.3, -0.25) is 4.79 Å². The second-order valence-corrected chi connectivity index (χ2v) is 13.0. The van der Waals surface area contributed by atoms with Gasteiger partial charge >= 0.3 is 0 Å². The minimum absolute atomic E-state index is 0.0296. The molecule has 1 aromatic rings. The van der Waals surface area contributed by atoms with Gasteiger partial charge in [0.2, 0.25) is 0 Å². The Balaban J connectivity index is 2.18. The van der Waals surface area contributed by atoms with E-state index in [0.717, 1.165) is 14.8 Å². The largest absolute Gasteiger partial charge is 0.432 e. The molecule has 26 heavy (non-hydrogen) atoms. The first-order valence-corrected chi connectivity index (χ1v) is 13.0. The summed E-state index contributed by atoms with van der Waals surface area (Å²) in [4.78, 5) is 26.2. The van der Waals surface area contributed by atoms with Gasteiger partial charge in [-0.05, 0) is 60.3 Å². The second kappa shape index (κ2) is 7.01. The number of ether oxygens (including phenoxy) is 1. The van der Waals surface area contributed by atoms with Gasteiger partial charge in [-0.1, -0.05) is 13.0 Å². The summed E-state index contributed by atoms with van der Waals surface area (Å²) >= 11 is 2.24. The molecule has 1 amide bonds. The number of anilines is 1. The Morgan fingerprint density at radius 3 is 2.73 bits per heavy atom. The van der Waals surface area contributed by atoms with Crippen molar-refractivity contribution >= 4 is 42.5 Å². The van der Waals surface area contributed by atoms with Gasteiger partial charge in [-0.25, -0.2) is 0 Å². The van der Waals surface area contributed by atoms with E-state index in [1.165, 1.54) is 0 Å². The van der Waals surface area contributed by atoms with E-state index >= 15 is 0 Å². The van der Waals surface area contributed by atoms with Gasteiger partial charge in [0.05, 0.1) is 11.8 Å². The molecule has 142 valence electrons. The molecule has 1 spiro atoms. The highest BCUT2D eigenvalue weighted by Gasteiger charge is 2.65. The van der Waals surface area contributed by atoms with Crippen molar-refractivity contribution in [3.63, 3.8) is 0 Å². The maximum atomic E-state index is 13.5. The van der Waals surface area contributed by atoms with E-state index in [1.807, 2.05) is 38.2 Å². The summed E-state index contributed by atoms with van der Waals surface area (Å²) in [5, 5.41) is 9.51. The summed E-state index contributed by atoms with van der Waals surface area (Å²) < 4.78 is 7.49. The first-order valence-electron chi connectivity index (χ1n) is 8.92. The molecule has 3 rings (SSSR count). The lowest BCUT2D eigenvalue weighted by molar-refractivity contribution is -0.146. The first kappa shape index (κ1) is 20.0. The van der Waals surface area contributed by atoms with Crippen molar-refractivity contribution in [1.82, 2.24) is 0 Å². The Labute approximate surface area is 169 Å². The molecule has 5 nitrogen and oxygen atoms in total. The monoisotopic (exact) mass is 487 g/mol. The van der Waals surface area contributed by atoms with Crippen LogP contribution >= 0.6 is 22.6 Å². The Bertz CT molecular complexity index is 735. The Kier molecular flexibility index (Phi) is 5.39. The molecule has 2 aliphatic heterocycles. The fourth-order valence-electron chi connectivity index (χ4n) is 4.76. The first-order chi connectivity index (χ1) is 12.2. The number of halogens is 1. The maximum absolute atomic E-state index is 13.5. The van der Waals surface area contributed by atoms with Gasteiger partial charge in [0.15, 0.2) is 13.9 Å². The third-order valence-corrected chi connectivity index (χ3v) is 8.85. The molecule has 0 aromatic heterocycles. The number of benzene rings is 1. The smallest absolute Gasteiger partial charge is 0.264 e. The van der Waals surface area contributed by atoms with Crippen molar-refractivity contribution in [2.75, 3.05) is 18.1 Å². The molecule has 1 aromatic carbocycles. The zero-order chi connectivity index (χ0) is 19.3. The Morgan fingerprint density at radius 1 is 1.46 bits per heavy atom. The topological polar surface area (TPSA) is 70.0 Å². The predicted molar refractivity (Wildman–Crippen MR) is 113 cm³/mol. The van der Waals surface area contributed by atoms with E-state index in [0.29, 0.717) is 13.0 Å². The highest BCUT2D eigenvalue weighted by molar-refractivity contribution is 14.1. The number of carbonyl (C=O) groups excluding carboxylic acids is 1. The molecule has 2 N–H and O–H groups in total. The number of aliphatic hydroxyl groups excluding tert-OH is 1. The minimum atomic E-state index is -2.61. The molecule has 0 radical (unpaired) electrons. The van der Waals surface area contributed by atoms with Crippen molar-refractivity contribution in [3.8, 4) is 0 Å². The number of carbonyl (C=O) groups is 1. The van der Waals surface area contributed by atoms with Crippen molar-refractivity contribution in [2.45, 2.75) is 43.7 Å². The molecule has 0 aliphatic carbocycles. The summed E-state index contributed by atoms with van der Waals surface area (Å²) in [6.07, 6.45) is 1.80. The quantitative estimate of drug-likeness (QED) is 0.381. The summed E-state index contributed by atoms with van der Waals surface area (Å²) in [6, 6.07) is 5.95. The normalized spacial score (nSPS) is 30.9. The molecular formula is C19H26INO4Si. The van der Waals surface area contributed by atoms with E-state index in [-0.39, 0.29) is 30.1 Å². The number of amides is 1. The molecular weight excluding hydrogens is 461 g/mol. The molecule has 2 heterocycles. The molecule has 2 aliphatic rings. The molecule has 7 heteroatoms. The predicted octanol–water partition coefficient (Wildman–Crippen LogP) is 3.00. The molecule has 4 atom stereocenters. The van der Waals surface area contributed by atoms with Crippen LogP contribution in [0.2, 0.25) is 18.6 Å². The van der Waals surface area contributed by atoms with Crippen LogP contribution in [0, 0.1) is 9.49 Å². The van der Waals surface area contributed by atoms with Crippen molar-refractivity contribution in [3.05, 3.63) is 40.0 Å². The fourth-order valence-corrected chi connectivity index (χ4v) is 7.85. The second-order valence-electron chi connectivity index (χ2n) is 7.74. The summed E-state index contributed by atoms with van der Waals surface area (Å²) in [6.45, 7) is 9.94. The Hall–Kier alpha value is -0.743. The van der Waals surface area contributed by atoms with Crippen LogP contribution in [-0.2, 0) is 15.1 Å². The number of hydrogen-bond donors (Lipinski definition) is 2. The average molecular weight is 487 g/mol. The third-order valence-electron chi connectivity index (χ3n) is 5.67. The van der Waals surface area contributed by atoms with Crippen LogP contribution < -0.4 is 4.90 Å². The van der Waals surface area contributed by atoms with Gasteiger partial charge in [0, 0.05) is 33.7 Å². The lowest BCUT2D eigenvalue weighted by Crippen LogP contribution is -2.46. The zero-order valence-corrected chi connectivity index (χ0v) is 18.6. The van der Waals surface area contributed by atoms with Gasteiger partial charge in [0.1, 0.15) is 0 Å². The highest BCUT2D eigenvalue weighted by Crippen LogP contribution is 2.59.